The van der Waals surface area contributed by atoms with Crippen LogP contribution in [0.3, 0.4) is 0 Å². The Labute approximate surface area is 193 Å². The molecule has 2 aromatic rings. The van der Waals surface area contributed by atoms with Crippen molar-refractivity contribution in [3.8, 4) is 5.75 Å². The third kappa shape index (κ3) is 5.19. The molecule has 2 heterocycles. The van der Waals surface area contributed by atoms with E-state index in [1.807, 2.05) is 48.5 Å². The highest BCUT2D eigenvalue weighted by Gasteiger charge is 2.37. The molecule has 0 unspecified atom stereocenters. The summed E-state index contributed by atoms with van der Waals surface area (Å²) in [5.41, 5.74) is 1.72. The van der Waals surface area contributed by atoms with E-state index in [1.165, 1.54) is 0 Å². The van der Waals surface area contributed by atoms with E-state index in [-0.39, 0.29) is 12.5 Å². The van der Waals surface area contributed by atoms with Gasteiger partial charge in [-0.25, -0.2) is 0 Å². The maximum Gasteiger partial charge on any atom is 0.294 e. The van der Waals surface area contributed by atoms with Gasteiger partial charge in [-0.3, -0.25) is 19.3 Å². The van der Waals surface area contributed by atoms with E-state index < -0.39 is 11.1 Å². The molecule has 0 aromatic heterocycles. The number of halogens is 1. The highest BCUT2D eigenvalue weighted by Crippen LogP contribution is 2.34. The van der Waals surface area contributed by atoms with Crippen molar-refractivity contribution in [2.75, 3.05) is 19.6 Å². The second-order valence-corrected chi connectivity index (χ2v) is 9.22. The van der Waals surface area contributed by atoms with Gasteiger partial charge in [0, 0.05) is 23.1 Å². The van der Waals surface area contributed by atoms with Crippen molar-refractivity contribution in [2.45, 2.75) is 19.4 Å². The molecular formula is C23H21BrN2O4S. The van der Waals surface area contributed by atoms with Crippen molar-refractivity contribution in [1.82, 2.24) is 9.80 Å². The molecule has 2 aliphatic heterocycles. The lowest BCUT2D eigenvalue weighted by Crippen LogP contribution is -2.40. The number of thioether (sulfide) groups is 1. The van der Waals surface area contributed by atoms with Crippen LogP contribution in [0.2, 0.25) is 0 Å². The summed E-state index contributed by atoms with van der Waals surface area (Å²) in [4.78, 5) is 40.6. The molecular weight excluding hydrogens is 480 g/mol. The number of benzene rings is 2. The monoisotopic (exact) mass is 500 g/mol. The summed E-state index contributed by atoms with van der Waals surface area (Å²) in [5, 5.41) is -0.419. The Hall–Kier alpha value is -2.58. The molecule has 6 nitrogen and oxygen atoms in total. The number of hydrogen-bond donors (Lipinski definition) is 0. The fourth-order valence-corrected chi connectivity index (χ4v) is 4.55. The van der Waals surface area contributed by atoms with Crippen LogP contribution < -0.4 is 4.74 Å². The molecule has 2 aromatic carbocycles. The van der Waals surface area contributed by atoms with Crippen LogP contribution in [0.1, 0.15) is 24.0 Å². The van der Waals surface area contributed by atoms with Crippen LogP contribution in [0.25, 0.3) is 6.08 Å². The first-order valence-electron chi connectivity index (χ1n) is 10.0. The third-order valence-electron chi connectivity index (χ3n) is 5.14. The number of carbonyl (C=O) groups excluding carboxylic acids is 3. The van der Waals surface area contributed by atoms with Gasteiger partial charge in [-0.15, -0.1) is 0 Å². The summed E-state index contributed by atoms with van der Waals surface area (Å²) in [6.07, 6.45) is 3.58. The number of amides is 3. The van der Waals surface area contributed by atoms with E-state index in [1.54, 1.807) is 11.0 Å². The van der Waals surface area contributed by atoms with E-state index in [9.17, 15) is 14.4 Å². The molecule has 160 valence electrons. The summed E-state index contributed by atoms with van der Waals surface area (Å²) in [7, 11) is 0. The lowest BCUT2D eigenvalue weighted by molar-refractivity contribution is -0.135. The highest BCUT2D eigenvalue weighted by atomic mass is 79.9. The second-order valence-electron chi connectivity index (χ2n) is 7.31. The van der Waals surface area contributed by atoms with Crippen LogP contribution in [-0.2, 0) is 16.2 Å². The summed E-state index contributed by atoms with van der Waals surface area (Å²) < 4.78 is 6.95. The number of para-hydroxylation sites is 1. The summed E-state index contributed by atoms with van der Waals surface area (Å²) in [6, 6.07) is 15.2. The molecule has 3 amide bonds. The minimum absolute atomic E-state index is 0.181. The second kappa shape index (κ2) is 9.70. The predicted molar refractivity (Wildman–Crippen MR) is 123 cm³/mol. The summed E-state index contributed by atoms with van der Waals surface area (Å²) in [6.45, 7) is 1.55. The van der Waals surface area contributed by atoms with Crippen LogP contribution in [-0.4, -0.2) is 46.5 Å². The number of imide groups is 1. The van der Waals surface area contributed by atoms with Gasteiger partial charge < -0.3 is 9.64 Å². The Morgan fingerprint density at radius 3 is 2.52 bits per heavy atom. The number of carbonyl (C=O) groups is 3. The quantitative estimate of drug-likeness (QED) is 0.538. The van der Waals surface area contributed by atoms with Gasteiger partial charge in [0.1, 0.15) is 18.9 Å². The molecule has 2 saturated heterocycles. The van der Waals surface area contributed by atoms with Gasteiger partial charge in [0.15, 0.2) is 0 Å². The Balaban J connectivity index is 1.46. The molecule has 2 fully saturated rings. The first kappa shape index (κ1) is 21.6. The van der Waals surface area contributed by atoms with Gasteiger partial charge in [-0.1, -0.05) is 46.3 Å². The number of ether oxygens (including phenoxy) is 1. The molecule has 8 heteroatoms. The first-order valence-corrected chi connectivity index (χ1v) is 11.6. The Morgan fingerprint density at radius 2 is 1.77 bits per heavy atom. The number of likely N-dealkylation sites (tertiary alicyclic amines) is 1. The Morgan fingerprint density at radius 1 is 1.06 bits per heavy atom. The molecule has 0 spiro atoms. The maximum atomic E-state index is 12.8. The van der Waals surface area contributed by atoms with Crippen LogP contribution >= 0.6 is 27.7 Å². The summed E-state index contributed by atoms with van der Waals surface area (Å²) >= 11 is 4.27. The average molecular weight is 501 g/mol. The Bertz CT molecular complexity index is 1030. The number of nitrogens with zero attached hydrogens (tertiary/aromatic N) is 2. The van der Waals surface area contributed by atoms with Crippen LogP contribution in [0.5, 0.6) is 5.75 Å². The maximum absolute atomic E-state index is 12.8. The minimum Gasteiger partial charge on any atom is -0.488 e. The Kier molecular flexibility index (Phi) is 6.77. The standard InChI is InChI=1S/C23H21BrN2O4S/c24-18-9-7-16(8-10-18)15-30-19-6-2-1-5-17(19)13-20-22(28)26(23(29)31-20)14-21(27)25-11-3-4-12-25/h1-2,5-10,13H,3-4,11-12,14-15H2/b20-13-. The van der Waals surface area contributed by atoms with E-state index in [0.717, 1.165) is 39.5 Å². The van der Waals surface area contributed by atoms with E-state index >= 15 is 0 Å². The van der Waals surface area contributed by atoms with E-state index in [4.69, 9.17) is 4.74 Å². The van der Waals surface area contributed by atoms with E-state index in [2.05, 4.69) is 15.9 Å². The molecule has 0 radical (unpaired) electrons. The molecule has 0 bridgehead atoms. The van der Waals surface area contributed by atoms with Gasteiger partial charge >= 0.3 is 0 Å². The van der Waals surface area contributed by atoms with Crippen molar-refractivity contribution in [3.63, 3.8) is 0 Å². The number of hydrogen-bond acceptors (Lipinski definition) is 5. The van der Waals surface area contributed by atoms with Gasteiger partial charge in [-0.2, -0.15) is 0 Å². The van der Waals surface area contributed by atoms with E-state index in [0.29, 0.717) is 35.9 Å². The van der Waals surface area contributed by atoms with Crippen molar-refractivity contribution in [1.29, 1.82) is 0 Å². The zero-order valence-electron chi connectivity index (χ0n) is 16.8. The largest absolute Gasteiger partial charge is 0.488 e. The van der Waals surface area contributed by atoms with Crippen LogP contribution in [0.4, 0.5) is 4.79 Å². The molecule has 31 heavy (non-hydrogen) atoms. The number of rotatable bonds is 6. The molecule has 0 atom stereocenters. The highest BCUT2D eigenvalue weighted by molar-refractivity contribution is 9.10. The zero-order valence-corrected chi connectivity index (χ0v) is 19.2. The molecule has 2 aliphatic rings. The predicted octanol–water partition coefficient (Wildman–Crippen LogP) is 4.69. The van der Waals surface area contributed by atoms with Crippen molar-refractivity contribution < 1.29 is 19.1 Å². The lowest BCUT2D eigenvalue weighted by Gasteiger charge is -2.18. The average Bonchev–Trinajstić information content (AvgIpc) is 3.39. The SMILES string of the molecule is O=C(CN1C(=O)S/C(=C\c2ccccc2OCc2ccc(Br)cc2)C1=O)N1CCCC1. The fourth-order valence-electron chi connectivity index (χ4n) is 3.45. The van der Waals surface area contributed by atoms with Crippen molar-refractivity contribution >= 4 is 50.8 Å². The zero-order chi connectivity index (χ0) is 21.8. The van der Waals surface area contributed by atoms with Crippen molar-refractivity contribution in [3.05, 3.63) is 69.0 Å². The topological polar surface area (TPSA) is 66.9 Å². The van der Waals surface area contributed by atoms with Gasteiger partial charge in [0.25, 0.3) is 11.1 Å². The minimum atomic E-state index is -0.440. The molecule has 0 N–H and O–H groups in total. The van der Waals surface area contributed by atoms with Crippen LogP contribution in [0, 0.1) is 0 Å². The van der Waals surface area contributed by atoms with Crippen molar-refractivity contribution in [2.24, 2.45) is 0 Å². The molecule has 4 rings (SSSR count). The third-order valence-corrected chi connectivity index (χ3v) is 6.57. The first-order chi connectivity index (χ1) is 15.0. The summed E-state index contributed by atoms with van der Waals surface area (Å²) in [5.74, 6) is -0.00472. The smallest absolute Gasteiger partial charge is 0.294 e. The molecule has 0 saturated carbocycles. The fraction of sp³-hybridized carbons (Fsp3) is 0.261. The lowest BCUT2D eigenvalue weighted by atomic mass is 10.1. The van der Waals surface area contributed by atoms with Gasteiger partial charge in [0.2, 0.25) is 5.91 Å². The van der Waals surface area contributed by atoms with Gasteiger partial charge in [0.05, 0.1) is 4.91 Å². The molecule has 0 aliphatic carbocycles. The van der Waals surface area contributed by atoms with Crippen LogP contribution in [0.15, 0.2) is 57.9 Å². The van der Waals surface area contributed by atoms with Gasteiger partial charge in [-0.05, 0) is 54.4 Å². The normalized spacial score (nSPS) is 17.6.